The summed E-state index contributed by atoms with van der Waals surface area (Å²) in [4.78, 5) is 11.2. The largest absolute Gasteiger partial charge is 0.462 e. The number of benzene rings is 2. The lowest BCUT2D eigenvalue weighted by molar-refractivity contribution is 0.100. The zero-order valence-electron chi connectivity index (χ0n) is 11.8. The molecule has 5 nitrogen and oxygen atoms in total. The summed E-state index contributed by atoms with van der Waals surface area (Å²) < 4.78 is 5.77. The Morgan fingerprint density at radius 3 is 2.48 bits per heavy atom. The Hall–Kier alpha value is -2.53. The van der Waals surface area contributed by atoms with Gasteiger partial charge in [-0.25, -0.2) is 5.06 Å². The van der Waals surface area contributed by atoms with E-state index in [9.17, 15) is 10.0 Å². The molecule has 3 rings (SSSR count). The Morgan fingerprint density at radius 1 is 1.19 bits per heavy atom. The second-order valence-corrected chi connectivity index (χ2v) is 5.28. The van der Waals surface area contributed by atoms with E-state index in [2.05, 4.69) is 6.07 Å². The third-order valence-corrected chi connectivity index (χ3v) is 3.48. The molecule has 1 aliphatic rings. The summed E-state index contributed by atoms with van der Waals surface area (Å²) >= 11 is 0. The van der Waals surface area contributed by atoms with E-state index < -0.39 is 12.1 Å². The molecule has 1 atom stereocenters. The van der Waals surface area contributed by atoms with Gasteiger partial charge in [0.05, 0.1) is 0 Å². The smallest absolute Gasteiger partial charge is 0.248 e. The summed E-state index contributed by atoms with van der Waals surface area (Å²) in [6.07, 6.45) is -0.623. The van der Waals surface area contributed by atoms with Gasteiger partial charge in [0.15, 0.2) is 0 Å². The van der Waals surface area contributed by atoms with Crippen LogP contribution in [0.5, 0.6) is 5.75 Å². The summed E-state index contributed by atoms with van der Waals surface area (Å²) in [6, 6.07) is 10.7. The molecule has 3 N–H and O–H groups in total. The molecular weight excluding hydrogens is 268 g/mol. The first-order chi connectivity index (χ1) is 9.95. The van der Waals surface area contributed by atoms with Crippen molar-refractivity contribution in [3.8, 4) is 5.75 Å². The average molecular weight is 284 g/mol. The fourth-order valence-corrected chi connectivity index (χ4v) is 2.61. The summed E-state index contributed by atoms with van der Waals surface area (Å²) in [7, 11) is 0. The molecule has 1 heterocycles. The maximum atomic E-state index is 11.2. The lowest BCUT2D eigenvalue weighted by Crippen LogP contribution is -2.23. The fraction of sp³-hybridized carbons (Fsp3) is 0.188. The van der Waals surface area contributed by atoms with Crippen LogP contribution in [0, 0.1) is 13.8 Å². The number of hydrogen-bond acceptors (Lipinski definition) is 4. The molecule has 1 aliphatic heterocycles. The summed E-state index contributed by atoms with van der Waals surface area (Å²) in [5.41, 5.74) is 9.07. The fourth-order valence-electron chi connectivity index (χ4n) is 2.61. The van der Waals surface area contributed by atoms with E-state index in [-0.39, 0.29) is 0 Å². The van der Waals surface area contributed by atoms with E-state index in [0.29, 0.717) is 17.0 Å². The minimum atomic E-state index is -0.623. The molecule has 0 spiro atoms. The van der Waals surface area contributed by atoms with E-state index in [4.69, 9.17) is 10.5 Å². The van der Waals surface area contributed by atoms with Crippen LogP contribution in [0.4, 0.5) is 5.69 Å². The molecule has 21 heavy (non-hydrogen) atoms. The second kappa shape index (κ2) is 4.79. The van der Waals surface area contributed by atoms with Crippen molar-refractivity contribution < 1.29 is 14.7 Å². The van der Waals surface area contributed by atoms with Crippen LogP contribution < -0.4 is 15.5 Å². The Morgan fingerprint density at radius 2 is 1.86 bits per heavy atom. The van der Waals surface area contributed by atoms with Crippen LogP contribution in [-0.4, -0.2) is 11.1 Å². The Labute approximate surface area is 122 Å². The van der Waals surface area contributed by atoms with Gasteiger partial charge in [-0.05, 0) is 32.0 Å². The number of fused-ring (bicyclic) bond motifs is 1. The summed E-state index contributed by atoms with van der Waals surface area (Å²) in [5, 5.41) is 11.4. The number of amides is 1. The lowest BCUT2D eigenvalue weighted by atomic mass is 10.1. The molecule has 5 heteroatoms. The van der Waals surface area contributed by atoms with Gasteiger partial charge in [-0.3, -0.25) is 10.0 Å². The molecule has 2 aromatic rings. The summed E-state index contributed by atoms with van der Waals surface area (Å²) in [5.74, 6) is -0.0206. The first-order valence-corrected chi connectivity index (χ1v) is 6.62. The topological polar surface area (TPSA) is 75.8 Å². The molecule has 108 valence electrons. The van der Waals surface area contributed by atoms with Crippen molar-refractivity contribution in [2.75, 3.05) is 5.06 Å². The molecule has 1 amide bonds. The molecule has 0 aromatic heterocycles. The van der Waals surface area contributed by atoms with Gasteiger partial charge < -0.3 is 10.5 Å². The number of nitrogens with two attached hydrogens (primary N) is 1. The molecule has 0 saturated heterocycles. The van der Waals surface area contributed by atoms with Gasteiger partial charge >= 0.3 is 0 Å². The number of hydroxylamine groups is 1. The number of rotatable bonds is 2. The van der Waals surface area contributed by atoms with Crippen molar-refractivity contribution in [1.82, 2.24) is 0 Å². The number of aryl methyl sites for hydroxylation is 2. The lowest BCUT2D eigenvalue weighted by Gasteiger charge is -2.19. The van der Waals surface area contributed by atoms with Crippen molar-refractivity contribution >= 4 is 11.6 Å². The van der Waals surface area contributed by atoms with Crippen LogP contribution >= 0.6 is 0 Å². The number of ether oxygens (including phenoxy) is 1. The first kappa shape index (κ1) is 13.5. The zero-order chi connectivity index (χ0) is 15.1. The highest BCUT2D eigenvalue weighted by atomic mass is 16.6. The van der Waals surface area contributed by atoms with Gasteiger partial charge in [0, 0.05) is 11.1 Å². The van der Waals surface area contributed by atoms with Crippen molar-refractivity contribution in [2.24, 2.45) is 5.73 Å². The number of nitrogens with zero attached hydrogens (tertiary/aromatic N) is 1. The van der Waals surface area contributed by atoms with Crippen LogP contribution in [0.2, 0.25) is 0 Å². The predicted molar refractivity (Wildman–Crippen MR) is 78.5 cm³/mol. The average Bonchev–Trinajstić information content (AvgIpc) is 2.74. The van der Waals surface area contributed by atoms with Gasteiger partial charge in [0.2, 0.25) is 12.1 Å². The maximum absolute atomic E-state index is 11.2. The molecule has 2 aromatic carbocycles. The highest BCUT2D eigenvalue weighted by molar-refractivity contribution is 5.94. The Bertz CT molecular complexity index is 707. The third kappa shape index (κ3) is 2.32. The van der Waals surface area contributed by atoms with E-state index in [1.165, 1.54) is 6.07 Å². The van der Waals surface area contributed by atoms with Crippen LogP contribution in [0.3, 0.4) is 0 Å². The molecular formula is C16H16N2O3. The number of anilines is 1. The van der Waals surface area contributed by atoms with E-state index in [0.717, 1.165) is 21.8 Å². The Balaban J connectivity index is 2.00. The second-order valence-electron chi connectivity index (χ2n) is 5.28. The Kier molecular flexibility index (Phi) is 3.07. The molecule has 0 saturated carbocycles. The number of carbonyl (C=O) groups excluding carboxylic acids is 1. The van der Waals surface area contributed by atoms with E-state index in [1.54, 1.807) is 12.1 Å². The van der Waals surface area contributed by atoms with Crippen LogP contribution in [-0.2, 0) is 0 Å². The van der Waals surface area contributed by atoms with Gasteiger partial charge in [-0.1, -0.05) is 29.3 Å². The number of hydrogen-bond donors (Lipinski definition) is 2. The maximum Gasteiger partial charge on any atom is 0.248 e. The first-order valence-electron chi connectivity index (χ1n) is 6.62. The SMILES string of the molecule is Cc1cc(C)cc(C2Oc3ccc(C(N)=O)cc3N2O)c1. The van der Waals surface area contributed by atoms with Gasteiger partial charge in [0.1, 0.15) is 11.4 Å². The molecule has 1 unspecified atom stereocenters. The molecule has 0 aliphatic carbocycles. The van der Waals surface area contributed by atoms with Crippen molar-refractivity contribution in [3.05, 3.63) is 58.7 Å². The van der Waals surface area contributed by atoms with Crippen molar-refractivity contribution in [3.63, 3.8) is 0 Å². The highest BCUT2D eigenvalue weighted by Gasteiger charge is 2.32. The standard InChI is InChI=1S/C16H16N2O3/c1-9-5-10(2)7-12(6-9)16-18(20)13-8-11(15(17)19)3-4-14(13)21-16/h3-8,16,20H,1-2H3,(H2,17,19). The van der Waals surface area contributed by atoms with Gasteiger partial charge in [-0.15, -0.1) is 0 Å². The normalized spacial score (nSPS) is 16.5. The third-order valence-electron chi connectivity index (χ3n) is 3.48. The van der Waals surface area contributed by atoms with Gasteiger partial charge in [0.25, 0.3) is 0 Å². The van der Waals surface area contributed by atoms with Gasteiger partial charge in [-0.2, -0.15) is 0 Å². The monoisotopic (exact) mass is 284 g/mol. The quantitative estimate of drug-likeness (QED) is 0.889. The minimum absolute atomic E-state index is 0.331. The molecule has 0 fully saturated rings. The minimum Gasteiger partial charge on any atom is -0.462 e. The van der Waals surface area contributed by atoms with E-state index in [1.807, 2.05) is 26.0 Å². The van der Waals surface area contributed by atoms with E-state index >= 15 is 0 Å². The summed E-state index contributed by atoms with van der Waals surface area (Å²) in [6.45, 7) is 3.98. The number of carbonyl (C=O) groups is 1. The van der Waals surface area contributed by atoms with Crippen LogP contribution in [0.15, 0.2) is 36.4 Å². The van der Waals surface area contributed by atoms with Crippen molar-refractivity contribution in [2.45, 2.75) is 20.1 Å². The highest BCUT2D eigenvalue weighted by Crippen LogP contribution is 2.42. The number of primary amides is 1. The van der Waals surface area contributed by atoms with Crippen LogP contribution in [0.25, 0.3) is 0 Å². The predicted octanol–water partition coefficient (Wildman–Crippen LogP) is 2.69. The molecule has 0 bridgehead atoms. The molecule has 0 radical (unpaired) electrons. The van der Waals surface area contributed by atoms with Crippen LogP contribution in [0.1, 0.15) is 33.3 Å². The zero-order valence-corrected chi connectivity index (χ0v) is 11.8. The van der Waals surface area contributed by atoms with Crippen molar-refractivity contribution in [1.29, 1.82) is 0 Å².